The van der Waals surface area contributed by atoms with Crippen LogP contribution in [0.15, 0.2) is 18.3 Å². The van der Waals surface area contributed by atoms with E-state index >= 15 is 0 Å². The first-order valence-corrected chi connectivity index (χ1v) is 6.05. The van der Waals surface area contributed by atoms with E-state index < -0.39 is 0 Å². The van der Waals surface area contributed by atoms with Gasteiger partial charge in [-0.2, -0.15) is 0 Å². The summed E-state index contributed by atoms with van der Waals surface area (Å²) >= 11 is 5.02. The van der Waals surface area contributed by atoms with Crippen LogP contribution in [0.4, 0.5) is 5.82 Å². The van der Waals surface area contributed by atoms with Crippen molar-refractivity contribution in [3.05, 3.63) is 23.9 Å². The van der Waals surface area contributed by atoms with Gasteiger partial charge in [-0.05, 0) is 31.9 Å². The molecule has 0 aliphatic heterocycles. The fraction of sp³-hybridized carbons (Fsp3) is 0.500. The quantitative estimate of drug-likeness (QED) is 0.790. The van der Waals surface area contributed by atoms with E-state index in [4.69, 9.17) is 18.0 Å². The van der Waals surface area contributed by atoms with Gasteiger partial charge in [0.15, 0.2) is 0 Å². The molecular weight excluding hydrogens is 218 g/mol. The SMILES string of the molecule is CC1(Nc2ncccc2C(N)=S)CCCC1. The van der Waals surface area contributed by atoms with E-state index in [9.17, 15) is 0 Å². The maximum atomic E-state index is 5.68. The minimum Gasteiger partial charge on any atom is -0.389 e. The second-order valence-electron chi connectivity index (χ2n) is 4.66. The highest BCUT2D eigenvalue weighted by Crippen LogP contribution is 2.32. The Bertz CT molecular complexity index is 397. The summed E-state index contributed by atoms with van der Waals surface area (Å²) in [5.74, 6) is 0.819. The lowest BCUT2D eigenvalue weighted by molar-refractivity contribution is 0.531. The average molecular weight is 235 g/mol. The van der Waals surface area contributed by atoms with E-state index in [0.29, 0.717) is 4.99 Å². The van der Waals surface area contributed by atoms with E-state index in [1.54, 1.807) is 6.20 Å². The lowest BCUT2D eigenvalue weighted by atomic mass is 10.0. The number of rotatable bonds is 3. The Kier molecular flexibility index (Phi) is 3.10. The minimum atomic E-state index is 0.147. The molecule has 0 radical (unpaired) electrons. The molecule has 1 aliphatic carbocycles. The third-order valence-corrected chi connectivity index (χ3v) is 3.42. The fourth-order valence-electron chi connectivity index (χ4n) is 2.27. The Balaban J connectivity index is 2.23. The summed E-state index contributed by atoms with van der Waals surface area (Å²) in [7, 11) is 0. The number of hydrogen-bond acceptors (Lipinski definition) is 3. The van der Waals surface area contributed by atoms with Crippen LogP contribution < -0.4 is 11.1 Å². The van der Waals surface area contributed by atoms with Crippen LogP contribution in [0.3, 0.4) is 0 Å². The molecule has 16 heavy (non-hydrogen) atoms. The Labute approximate surface area is 101 Å². The largest absolute Gasteiger partial charge is 0.389 e. The summed E-state index contributed by atoms with van der Waals surface area (Å²) < 4.78 is 0. The van der Waals surface area contributed by atoms with Crippen LogP contribution >= 0.6 is 12.2 Å². The molecule has 0 saturated heterocycles. The Morgan fingerprint density at radius 1 is 1.50 bits per heavy atom. The maximum Gasteiger partial charge on any atom is 0.136 e. The molecule has 1 fully saturated rings. The lowest BCUT2D eigenvalue weighted by Gasteiger charge is -2.27. The number of thiocarbonyl (C=S) groups is 1. The standard InChI is InChI=1S/C12H17N3S/c1-12(6-2-3-7-12)15-11-9(10(13)16)5-4-8-14-11/h4-5,8H,2-3,6-7H2,1H3,(H2,13,16)(H,14,15). The van der Waals surface area contributed by atoms with Crippen LogP contribution in [0, 0.1) is 0 Å². The van der Waals surface area contributed by atoms with Gasteiger partial charge in [-0.3, -0.25) is 0 Å². The molecule has 1 saturated carbocycles. The zero-order valence-corrected chi connectivity index (χ0v) is 10.3. The zero-order chi connectivity index (χ0) is 11.6. The number of anilines is 1. The van der Waals surface area contributed by atoms with E-state index in [0.717, 1.165) is 11.4 Å². The Hall–Kier alpha value is -1.16. The van der Waals surface area contributed by atoms with Gasteiger partial charge in [0, 0.05) is 11.7 Å². The molecule has 1 aromatic rings. The molecule has 0 atom stereocenters. The molecule has 0 amide bonds. The Morgan fingerprint density at radius 2 is 2.19 bits per heavy atom. The smallest absolute Gasteiger partial charge is 0.136 e. The number of pyridine rings is 1. The molecule has 3 nitrogen and oxygen atoms in total. The second kappa shape index (κ2) is 4.37. The molecule has 1 aliphatic rings. The zero-order valence-electron chi connectivity index (χ0n) is 9.49. The average Bonchev–Trinajstić information content (AvgIpc) is 2.65. The van der Waals surface area contributed by atoms with E-state index in [1.807, 2.05) is 12.1 Å². The summed E-state index contributed by atoms with van der Waals surface area (Å²) in [5.41, 5.74) is 6.67. The summed E-state index contributed by atoms with van der Waals surface area (Å²) in [6, 6.07) is 3.77. The third-order valence-electron chi connectivity index (χ3n) is 3.20. The fourth-order valence-corrected chi connectivity index (χ4v) is 2.43. The van der Waals surface area contributed by atoms with E-state index in [1.165, 1.54) is 25.7 Å². The molecule has 2 rings (SSSR count). The summed E-state index contributed by atoms with van der Waals surface area (Å²) in [5, 5.41) is 3.49. The highest BCUT2D eigenvalue weighted by atomic mass is 32.1. The number of aromatic nitrogens is 1. The van der Waals surface area contributed by atoms with Crippen molar-refractivity contribution in [2.24, 2.45) is 5.73 Å². The first kappa shape index (κ1) is 11.3. The predicted molar refractivity (Wildman–Crippen MR) is 70.6 cm³/mol. The van der Waals surface area contributed by atoms with Crippen molar-refractivity contribution in [3.63, 3.8) is 0 Å². The first-order valence-electron chi connectivity index (χ1n) is 5.64. The number of nitrogens with zero attached hydrogens (tertiary/aromatic N) is 1. The normalized spacial score (nSPS) is 18.3. The highest BCUT2D eigenvalue weighted by molar-refractivity contribution is 7.80. The van der Waals surface area contributed by atoms with Crippen LogP contribution in [0.25, 0.3) is 0 Å². The molecular formula is C12H17N3S. The summed E-state index contributed by atoms with van der Waals surface area (Å²) in [6.07, 6.45) is 6.68. The predicted octanol–water partition coefficient (Wildman–Crippen LogP) is 2.46. The van der Waals surface area contributed by atoms with E-state index in [-0.39, 0.29) is 5.54 Å². The van der Waals surface area contributed by atoms with Crippen molar-refractivity contribution in [1.82, 2.24) is 4.98 Å². The van der Waals surface area contributed by atoms with Crippen molar-refractivity contribution in [2.45, 2.75) is 38.1 Å². The number of nitrogens with one attached hydrogen (secondary N) is 1. The lowest BCUT2D eigenvalue weighted by Crippen LogP contribution is -2.32. The van der Waals surface area contributed by atoms with E-state index in [2.05, 4.69) is 17.2 Å². The third kappa shape index (κ3) is 2.32. The maximum absolute atomic E-state index is 5.68. The van der Waals surface area contributed by atoms with Gasteiger partial charge in [0.1, 0.15) is 10.8 Å². The van der Waals surface area contributed by atoms with Gasteiger partial charge < -0.3 is 11.1 Å². The van der Waals surface area contributed by atoms with Crippen molar-refractivity contribution >= 4 is 23.0 Å². The second-order valence-corrected chi connectivity index (χ2v) is 5.10. The van der Waals surface area contributed by atoms with Crippen molar-refractivity contribution in [2.75, 3.05) is 5.32 Å². The number of hydrogen-bond donors (Lipinski definition) is 2. The molecule has 0 spiro atoms. The van der Waals surface area contributed by atoms with Crippen LogP contribution in [0.2, 0.25) is 0 Å². The van der Waals surface area contributed by atoms with Crippen molar-refractivity contribution < 1.29 is 0 Å². The molecule has 0 unspecified atom stereocenters. The van der Waals surface area contributed by atoms with Gasteiger partial charge >= 0.3 is 0 Å². The van der Waals surface area contributed by atoms with Gasteiger partial charge in [-0.25, -0.2) is 4.98 Å². The molecule has 0 aromatic carbocycles. The number of nitrogens with two attached hydrogens (primary N) is 1. The summed E-state index contributed by atoms with van der Waals surface area (Å²) in [6.45, 7) is 2.23. The van der Waals surface area contributed by atoms with Crippen LogP contribution in [-0.4, -0.2) is 15.5 Å². The Morgan fingerprint density at radius 3 is 2.81 bits per heavy atom. The molecule has 3 N–H and O–H groups in total. The summed E-state index contributed by atoms with van der Waals surface area (Å²) in [4.78, 5) is 4.73. The van der Waals surface area contributed by atoms with Crippen LogP contribution in [-0.2, 0) is 0 Å². The molecule has 4 heteroatoms. The monoisotopic (exact) mass is 235 g/mol. The van der Waals surface area contributed by atoms with Crippen molar-refractivity contribution in [1.29, 1.82) is 0 Å². The highest BCUT2D eigenvalue weighted by Gasteiger charge is 2.29. The van der Waals surface area contributed by atoms with Gasteiger partial charge in [-0.15, -0.1) is 0 Å². The molecule has 86 valence electrons. The topological polar surface area (TPSA) is 50.9 Å². The van der Waals surface area contributed by atoms with Crippen LogP contribution in [0.5, 0.6) is 0 Å². The van der Waals surface area contributed by atoms with Gasteiger partial charge in [-0.1, -0.05) is 25.1 Å². The van der Waals surface area contributed by atoms with Crippen LogP contribution in [0.1, 0.15) is 38.2 Å². The van der Waals surface area contributed by atoms with Crippen molar-refractivity contribution in [3.8, 4) is 0 Å². The molecule has 0 bridgehead atoms. The van der Waals surface area contributed by atoms with Gasteiger partial charge in [0.25, 0.3) is 0 Å². The van der Waals surface area contributed by atoms with Gasteiger partial charge in [0.2, 0.25) is 0 Å². The molecule has 1 aromatic heterocycles. The first-order chi connectivity index (χ1) is 7.61. The minimum absolute atomic E-state index is 0.147. The van der Waals surface area contributed by atoms with Gasteiger partial charge in [0.05, 0.1) is 5.56 Å². The molecule has 1 heterocycles.